The fourth-order valence-electron chi connectivity index (χ4n) is 1.87. The summed E-state index contributed by atoms with van der Waals surface area (Å²) in [6, 6.07) is 14.1. The van der Waals surface area contributed by atoms with Gasteiger partial charge in [-0.05, 0) is 24.0 Å². The summed E-state index contributed by atoms with van der Waals surface area (Å²) in [5.41, 5.74) is 1.14. The third kappa shape index (κ3) is 4.02. The van der Waals surface area contributed by atoms with Crippen LogP contribution in [0.1, 0.15) is 15.9 Å². The molecule has 2 aromatic carbocycles. The first kappa shape index (κ1) is 15.9. The predicted octanol–water partition coefficient (Wildman–Crippen LogP) is 3.86. The first-order valence-corrected chi connectivity index (χ1v) is 7.72. The van der Waals surface area contributed by atoms with Crippen molar-refractivity contribution in [3.63, 3.8) is 0 Å². The Bertz CT molecular complexity index is 673. The standard InChI is InChI=1S/C16H15NO4S/c1-22-13-9-5-8-12(15(18)19)14(13)17-16(20)21-10-11-6-3-2-4-7-11/h2-9H,10H2,1H3,(H,17,20)(H,18,19). The molecule has 114 valence electrons. The average Bonchev–Trinajstić information content (AvgIpc) is 2.54. The lowest BCUT2D eigenvalue weighted by atomic mass is 10.2. The first-order valence-electron chi connectivity index (χ1n) is 6.50. The van der Waals surface area contributed by atoms with E-state index in [2.05, 4.69) is 5.32 Å². The summed E-state index contributed by atoms with van der Waals surface area (Å²) in [6.07, 6.45) is 1.12. The number of hydrogen-bond acceptors (Lipinski definition) is 4. The normalized spacial score (nSPS) is 10.0. The third-order valence-corrected chi connectivity index (χ3v) is 3.70. The maximum atomic E-state index is 11.9. The molecule has 0 unspecified atom stereocenters. The Morgan fingerprint density at radius 2 is 1.86 bits per heavy atom. The summed E-state index contributed by atoms with van der Waals surface area (Å²) in [5.74, 6) is -1.10. The van der Waals surface area contributed by atoms with Gasteiger partial charge in [-0.1, -0.05) is 36.4 Å². The Morgan fingerprint density at radius 3 is 2.50 bits per heavy atom. The van der Waals surface area contributed by atoms with Crippen LogP contribution in [0, 0.1) is 0 Å². The molecule has 0 aliphatic heterocycles. The van der Waals surface area contributed by atoms with Gasteiger partial charge in [-0.3, -0.25) is 5.32 Å². The molecule has 0 bridgehead atoms. The highest BCUT2D eigenvalue weighted by molar-refractivity contribution is 7.98. The minimum Gasteiger partial charge on any atom is -0.478 e. The lowest BCUT2D eigenvalue weighted by Gasteiger charge is -2.12. The Labute approximate surface area is 132 Å². The molecule has 0 atom stereocenters. The number of benzene rings is 2. The van der Waals surface area contributed by atoms with Crippen molar-refractivity contribution in [2.24, 2.45) is 0 Å². The summed E-state index contributed by atoms with van der Waals surface area (Å²) in [4.78, 5) is 23.8. The van der Waals surface area contributed by atoms with E-state index >= 15 is 0 Å². The van der Waals surface area contributed by atoms with E-state index in [4.69, 9.17) is 4.74 Å². The second-order valence-corrected chi connectivity index (χ2v) is 5.22. The molecule has 0 aromatic heterocycles. The maximum absolute atomic E-state index is 11.9. The topological polar surface area (TPSA) is 75.6 Å². The average molecular weight is 317 g/mol. The number of amides is 1. The van der Waals surface area contributed by atoms with Crippen LogP contribution < -0.4 is 5.32 Å². The summed E-state index contributed by atoms with van der Waals surface area (Å²) >= 11 is 1.35. The number of carboxylic acids is 1. The number of thioether (sulfide) groups is 1. The molecular weight excluding hydrogens is 302 g/mol. The number of carbonyl (C=O) groups is 2. The number of para-hydroxylation sites is 1. The van der Waals surface area contributed by atoms with Gasteiger partial charge < -0.3 is 9.84 Å². The Balaban J connectivity index is 2.09. The smallest absolute Gasteiger partial charge is 0.412 e. The summed E-state index contributed by atoms with van der Waals surface area (Å²) in [6.45, 7) is 0.122. The van der Waals surface area contributed by atoms with Crippen LogP contribution in [0.3, 0.4) is 0 Å². The zero-order chi connectivity index (χ0) is 15.9. The Kier molecular flexibility index (Phi) is 5.43. The first-order chi connectivity index (χ1) is 10.6. The third-order valence-electron chi connectivity index (χ3n) is 2.92. The zero-order valence-electron chi connectivity index (χ0n) is 11.9. The number of rotatable bonds is 5. The lowest BCUT2D eigenvalue weighted by Crippen LogP contribution is -2.16. The van der Waals surface area contributed by atoms with Gasteiger partial charge in [-0.2, -0.15) is 0 Å². The van der Waals surface area contributed by atoms with Crippen molar-refractivity contribution in [1.29, 1.82) is 0 Å². The fourth-order valence-corrected chi connectivity index (χ4v) is 2.45. The molecule has 22 heavy (non-hydrogen) atoms. The number of ether oxygens (including phenoxy) is 1. The summed E-state index contributed by atoms with van der Waals surface area (Å²) < 4.78 is 5.11. The van der Waals surface area contributed by atoms with E-state index < -0.39 is 12.1 Å². The molecule has 2 aromatic rings. The van der Waals surface area contributed by atoms with E-state index in [1.54, 1.807) is 18.4 Å². The molecule has 0 saturated heterocycles. The number of carboxylic acid groups (broad SMARTS) is 1. The van der Waals surface area contributed by atoms with Crippen LogP contribution in [0.15, 0.2) is 53.4 Å². The summed E-state index contributed by atoms with van der Waals surface area (Å²) in [7, 11) is 0. The molecule has 2 rings (SSSR count). The highest BCUT2D eigenvalue weighted by Crippen LogP contribution is 2.29. The van der Waals surface area contributed by atoms with Gasteiger partial charge in [0.25, 0.3) is 0 Å². The van der Waals surface area contributed by atoms with Crippen molar-refractivity contribution in [3.8, 4) is 0 Å². The van der Waals surface area contributed by atoms with Gasteiger partial charge >= 0.3 is 12.1 Å². The molecule has 6 heteroatoms. The minimum atomic E-state index is -1.10. The highest BCUT2D eigenvalue weighted by Gasteiger charge is 2.16. The molecule has 0 spiro atoms. The van der Waals surface area contributed by atoms with Crippen molar-refractivity contribution in [2.75, 3.05) is 11.6 Å². The number of aromatic carboxylic acids is 1. The summed E-state index contributed by atoms with van der Waals surface area (Å²) in [5, 5.41) is 11.7. The maximum Gasteiger partial charge on any atom is 0.412 e. The van der Waals surface area contributed by atoms with Crippen LogP contribution in [0.5, 0.6) is 0 Å². The SMILES string of the molecule is CSc1cccc(C(=O)O)c1NC(=O)OCc1ccccc1. The molecule has 0 radical (unpaired) electrons. The van der Waals surface area contributed by atoms with Gasteiger partial charge in [-0.25, -0.2) is 9.59 Å². The van der Waals surface area contributed by atoms with Crippen molar-refractivity contribution in [2.45, 2.75) is 11.5 Å². The zero-order valence-corrected chi connectivity index (χ0v) is 12.7. The van der Waals surface area contributed by atoms with Crippen molar-refractivity contribution in [1.82, 2.24) is 0 Å². The molecule has 0 aliphatic carbocycles. The largest absolute Gasteiger partial charge is 0.478 e. The van der Waals surface area contributed by atoms with Crippen molar-refractivity contribution >= 4 is 29.5 Å². The van der Waals surface area contributed by atoms with E-state index in [0.29, 0.717) is 4.90 Å². The Hall–Kier alpha value is -2.47. The molecule has 0 fully saturated rings. The molecule has 1 amide bonds. The quantitative estimate of drug-likeness (QED) is 0.819. The van der Waals surface area contributed by atoms with Crippen molar-refractivity contribution in [3.05, 3.63) is 59.7 Å². The van der Waals surface area contributed by atoms with E-state index in [0.717, 1.165) is 5.56 Å². The number of carbonyl (C=O) groups excluding carboxylic acids is 1. The van der Waals surface area contributed by atoms with E-state index in [1.807, 2.05) is 30.3 Å². The van der Waals surface area contributed by atoms with E-state index in [1.165, 1.54) is 17.8 Å². The van der Waals surface area contributed by atoms with Gasteiger partial charge in [0.2, 0.25) is 0 Å². The van der Waals surface area contributed by atoms with Crippen LogP contribution in [0.25, 0.3) is 0 Å². The van der Waals surface area contributed by atoms with E-state index in [-0.39, 0.29) is 17.9 Å². The number of nitrogens with one attached hydrogen (secondary N) is 1. The van der Waals surface area contributed by atoms with Gasteiger partial charge in [-0.15, -0.1) is 11.8 Å². The van der Waals surface area contributed by atoms with Gasteiger partial charge in [0.1, 0.15) is 6.61 Å². The van der Waals surface area contributed by atoms with Crippen LogP contribution in [0.4, 0.5) is 10.5 Å². The molecule has 0 saturated carbocycles. The van der Waals surface area contributed by atoms with E-state index in [9.17, 15) is 14.7 Å². The monoisotopic (exact) mass is 317 g/mol. The van der Waals surface area contributed by atoms with Gasteiger partial charge in [0.05, 0.1) is 11.3 Å². The molecule has 0 aliphatic rings. The van der Waals surface area contributed by atoms with Gasteiger partial charge in [0.15, 0.2) is 0 Å². The predicted molar refractivity (Wildman–Crippen MR) is 85.4 cm³/mol. The number of hydrogen-bond donors (Lipinski definition) is 2. The van der Waals surface area contributed by atoms with Crippen molar-refractivity contribution < 1.29 is 19.4 Å². The second-order valence-electron chi connectivity index (χ2n) is 4.37. The Morgan fingerprint density at radius 1 is 1.14 bits per heavy atom. The fraction of sp³-hybridized carbons (Fsp3) is 0.125. The lowest BCUT2D eigenvalue weighted by molar-refractivity contribution is 0.0698. The highest BCUT2D eigenvalue weighted by atomic mass is 32.2. The number of anilines is 1. The molecule has 5 nitrogen and oxygen atoms in total. The van der Waals surface area contributed by atoms with Gasteiger partial charge in [0, 0.05) is 4.90 Å². The second kappa shape index (κ2) is 7.51. The minimum absolute atomic E-state index is 0.0310. The molecular formula is C16H15NO4S. The molecule has 2 N–H and O–H groups in total. The van der Waals surface area contributed by atoms with Crippen LogP contribution >= 0.6 is 11.8 Å². The van der Waals surface area contributed by atoms with Crippen LogP contribution in [-0.4, -0.2) is 23.4 Å². The molecule has 0 heterocycles. The van der Waals surface area contributed by atoms with Crippen LogP contribution in [0.2, 0.25) is 0 Å². The van der Waals surface area contributed by atoms with Crippen LogP contribution in [-0.2, 0) is 11.3 Å².